The maximum atomic E-state index is 13.9. The van der Waals surface area contributed by atoms with Crippen LogP contribution in [0.4, 0.5) is 0 Å². The summed E-state index contributed by atoms with van der Waals surface area (Å²) in [5.41, 5.74) is 3.66. The topological polar surface area (TPSA) is 151 Å². The molecule has 10 heteroatoms. The number of carbonyl (C=O) groups excluding carboxylic acids is 2. The van der Waals surface area contributed by atoms with Crippen molar-refractivity contribution in [1.29, 1.82) is 0 Å². The van der Waals surface area contributed by atoms with E-state index < -0.39 is 59.5 Å². The lowest BCUT2D eigenvalue weighted by atomic mass is 9.55. The Balaban J connectivity index is 1.33. The first kappa shape index (κ1) is 37.6. The normalized spacial score (nSPS) is 19.0. The molecule has 4 aromatic carbocycles. The number of carbonyl (C=O) groups is 4. The summed E-state index contributed by atoms with van der Waals surface area (Å²) in [7, 11) is 0. The molecule has 0 saturated heterocycles. The fourth-order valence-corrected chi connectivity index (χ4v) is 6.94. The number of nitrogens with one attached hydrogen (secondary N) is 2. The highest BCUT2D eigenvalue weighted by molar-refractivity contribution is 5.99. The smallest absolute Gasteiger partial charge is 0.308 e. The lowest BCUT2D eigenvalue weighted by Gasteiger charge is -2.46. The fourth-order valence-electron chi connectivity index (χ4n) is 6.94. The van der Waals surface area contributed by atoms with Crippen LogP contribution in [0.2, 0.25) is 0 Å². The van der Waals surface area contributed by atoms with E-state index in [-0.39, 0.29) is 0 Å². The molecule has 0 heterocycles. The van der Waals surface area contributed by atoms with E-state index in [9.17, 15) is 29.4 Å². The van der Waals surface area contributed by atoms with E-state index in [1.165, 1.54) is 0 Å². The Kier molecular flexibility index (Phi) is 12.3. The van der Waals surface area contributed by atoms with Gasteiger partial charge in [-0.1, -0.05) is 75.2 Å². The lowest BCUT2D eigenvalue weighted by Crippen LogP contribution is -2.64. The molecule has 1 aliphatic carbocycles. The molecule has 2 amide bonds. The Bertz CT molecular complexity index is 1740. The first-order valence-corrected chi connectivity index (χ1v) is 17.7. The Morgan fingerprint density at radius 2 is 0.923 bits per heavy atom. The number of carboxylic acid groups (broad SMARTS) is 2. The number of aliphatic carboxylic acids is 2. The second kappa shape index (κ2) is 17.0. The predicted octanol–water partition coefficient (Wildman–Crippen LogP) is 8.15. The van der Waals surface area contributed by atoms with Crippen molar-refractivity contribution in [1.82, 2.24) is 10.6 Å². The van der Waals surface area contributed by atoms with Crippen LogP contribution in [0.25, 0.3) is 0 Å². The highest BCUT2D eigenvalue weighted by Gasteiger charge is 2.64. The van der Waals surface area contributed by atoms with Crippen molar-refractivity contribution >= 4 is 23.8 Å². The molecule has 10 nitrogen and oxygen atoms in total. The summed E-state index contributed by atoms with van der Waals surface area (Å²) in [6.45, 7) is 7.88. The first-order valence-electron chi connectivity index (χ1n) is 17.7. The standard InChI is InChI=1S/C42H46N2O8/c1-5-9-33(27-15-19-29(20-16-27)51-31-13-7-11-25(3)23-31)43-39(45)35-36(38(42(49)50)37(35)41(47)48)40(46)44-34(10-6-2)28-17-21-30(22-18-28)52-32-14-8-12-26(4)24-32/h7-8,11-24,33-38H,5-6,9-10H2,1-4H3,(H,43,45)(H,44,46)(H,47,48)(H,49,50)/t33?,34?,35-,36-,37-,38-/m1/s1. The average molecular weight is 707 g/mol. The van der Waals surface area contributed by atoms with Crippen LogP contribution in [-0.2, 0) is 19.2 Å². The molecule has 52 heavy (non-hydrogen) atoms. The van der Waals surface area contributed by atoms with Crippen molar-refractivity contribution in [2.45, 2.75) is 65.5 Å². The van der Waals surface area contributed by atoms with Gasteiger partial charge in [0.1, 0.15) is 23.0 Å². The van der Waals surface area contributed by atoms with Gasteiger partial charge < -0.3 is 30.3 Å². The van der Waals surface area contributed by atoms with Gasteiger partial charge in [0, 0.05) is 0 Å². The average Bonchev–Trinajstić information content (AvgIpc) is 3.08. The van der Waals surface area contributed by atoms with Gasteiger partial charge in [-0.3, -0.25) is 19.2 Å². The van der Waals surface area contributed by atoms with E-state index in [1.807, 2.05) is 100 Å². The molecule has 6 atom stereocenters. The molecule has 5 rings (SSSR count). The third kappa shape index (κ3) is 8.98. The van der Waals surface area contributed by atoms with Gasteiger partial charge >= 0.3 is 11.9 Å². The van der Waals surface area contributed by atoms with E-state index >= 15 is 0 Å². The molecule has 1 saturated carbocycles. The third-order valence-corrected chi connectivity index (χ3v) is 9.53. The SMILES string of the molecule is CCCC(NC(=O)[C@H]1[C@@H](C(=O)O)[C@H](C(=O)O)[C@@H]1C(=O)NC(CCC)c1ccc(Oc2cccc(C)c2)cc1)c1ccc(Oc2cccc(C)c2)cc1. The van der Waals surface area contributed by atoms with Crippen molar-refractivity contribution < 1.29 is 38.9 Å². The van der Waals surface area contributed by atoms with E-state index in [2.05, 4.69) is 10.6 Å². The zero-order chi connectivity index (χ0) is 37.4. The minimum atomic E-state index is -1.57. The maximum Gasteiger partial charge on any atom is 0.308 e. The van der Waals surface area contributed by atoms with Gasteiger partial charge in [0.05, 0.1) is 35.8 Å². The van der Waals surface area contributed by atoms with Gasteiger partial charge in [-0.15, -0.1) is 0 Å². The number of aryl methyl sites for hydroxylation is 2. The minimum Gasteiger partial charge on any atom is -0.481 e. The largest absolute Gasteiger partial charge is 0.481 e. The number of ether oxygens (including phenoxy) is 2. The van der Waals surface area contributed by atoms with E-state index in [0.29, 0.717) is 48.7 Å². The van der Waals surface area contributed by atoms with Crippen LogP contribution >= 0.6 is 0 Å². The van der Waals surface area contributed by atoms with Crippen molar-refractivity contribution in [3.63, 3.8) is 0 Å². The second-order valence-corrected chi connectivity index (χ2v) is 13.5. The first-order chi connectivity index (χ1) is 25.0. The summed E-state index contributed by atoms with van der Waals surface area (Å²) in [6, 6.07) is 28.8. The number of amides is 2. The molecule has 2 unspecified atom stereocenters. The predicted molar refractivity (Wildman–Crippen MR) is 196 cm³/mol. The van der Waals surface area contributed by atoms with Crippen LogP contribution in [0.15, 0.2) is 97.1 Å². The van der Waals surface area contributed by atoms with Crippen LogP contribution < -0.4 is 20.1 Å². The molecule has 0 bridgehead atoms. The quantitative estimate of drug-likeness (QED) is 0.0912. The number of hydrogen-bond acceptors (Lipinski definition) is 6. The summed E-state index contributed by atoms with van der Waals surface area (Å²) >= 11 is 0. The summed E-state index contributed by atoms with van der Waals surface area (Å²) < 4.78 is 11.9. The second-order valence-electron chi connectivity index (χ2n) is 13.5. The van der Waals surface area contributed by atoms with Crippen molar-refractivity contribution in [2.24, 2.45) is 23.7 Å². The Morgan fingerprint density at radius 3 is 1.23 bits per heavy atom. The minimum absolute atomic E-state index is 0.499. The Morgan fingerprint density at radius 1 is 0.558 bits per heavy atom. The molecule has 4 N–H and O–H groups in total. The highest BCUT2D eigenvalue weighted by Crippen LogP contribution is 2.48. The van der Waals surface area contributed by atoms with Gasteiger partial charge in [0.25, 0.3) is 0 Å². The van der Waals surface area contributed by atoms with Gasteiger partial charge in [-0.25, -0.2) is 0 Å². The Labute approximate surface area is 304 Å². The molecule has 0 radical (unpaired) electrons. The molecular weight excluding hydrogens is 660 g/mol. The lowest BCUT2D eigenvalue weighted by molar-refractivity contribution is -0.182. The van der Waals surface area contributed by atoms with Crippen LogP contribution in [-0.4, -0.2) is 34.0 Å². The number of rotatable bonds is 16. The van der Waals surface area contributed by atoms with Crippen LogP contribution in [0, 0.1) is 37.5 Å². The molecule has 1 aliphatic rings. The van der Waals surface area contributed by atoms with E-state index in [1.54, 1.807) is 24.3 Å². The van der Waals surface area contributed by atoms with Gasteiger partial charge in [-0.2, -0.15) is 0 Å². The number of benzene rings is 4. The van der Waals surface area contributed by atoms with Crippen molar-refractivity contribution in [2.75, 3.05) is 0 Å². The zero-order valence-corrected chi connectivity index (χ0v) is 29.9. The van der Waals surface area contributed by atoms with Crippen molar-refractivity contribution in [3.05, 3.63) is 119 Å². The zero-order valence-electron chi connectivity index (χ0n) is 29.9. The molecule has 0 spiro atoms. The highest BCUT2D eigenvalue weighted by atomic mass is 16.5. The third-order valence-electron chi connectivity index (χ3n) is 9.53. The molecule has 272 valence electrons. The number of carboxylic acids is 2. The number of hydrogen-bond donors (Lipinski definition) is 4. The van der Waals surface area contributed by atoms with Crippen LogP contribution in [0.3, 0.4) is 0 Å². The molecular formula is C42H46N2O8. The molecule has 0 aromatic heterocycles. The molecule has 0 aliphatic heterocycles. The van der Waals surface area contributed by atoms with Crippen molar-refractivity contribution in [3.8, 4) is 23.0 Å². The van der Waals surface area contributed by atoms with E-state index in [4.69, 9.17) is 9.47 Å². The fraction of sp³-hybridized carbons (Fsp3) is 0.333. The maximum absolute atomic E-state index is 13.9. The Hall–Kier alpha value is -5.64. The summed E-state index contributed by atoms with van der Waals surface area (Å²) in [5.74, 6) is -7.51. The van der Waals surface area contributed by atoms with Gasteiger partial charge in [0.15, 0.2) is 0 Å². The van der Waals surface area contributed by atoms with Gasteiger partial charge in [0.2, 0.25) is 11.8 Å². The van der Waals surface area contributed by atoms with Crippen LogP contribution in [0.5, 0.6) is 23.0 Å². The van der Waals surface area contributed by atoms with Crippen LogP contribution in [0.1, 0.15) is 73.9 Å². The monoisotopic (exact) mass is 706 g/mol. The summed E-state index contributed by atoms with van der Waals surface area (Å²) in [6.07, 6.45) is 2.48. The molecule has 1 fully saturated rings. The summed E-state index contributed by atoms with van der Waals surface area (Å²) in [4.78, 5) is 52.6. The van der Waals surface area contributed by atoms with E-state index in [0.717, 1.165) is 22.3 Å². The summed E-state index contributed by atoms with van der Waals surface area (Å²) in [5, 5.41) is 26.1. The molecule has 4 aromatic rings. The van der Waals surface area contributed by atoms with Gasteiger partial charge in [-0.05, 0) is 97.5 Å².